The Morgan fingerprint density at radius 2 is 1.74 bits per heavy atom. The van der Waals surface area contributed by atoms with Gasteiger partial charge in [0, 0.05) is 6.42 Å². The van der Waals surface area contributed by atoms with E-state index in [0.717, 1.165) is 22.1 Å². The molecule has 2 aromatic carbocycles. The summed E-state index contributed by atoms with van der Waals surface area (Å²) in [6.07, 6.45) is 1.10. The zero-order valence-corrected chi connectivity index (χ0v) is 10.3. The number of para-hydroxylation sites is 2. The standard InChI is InChI=1S/C15H12N4/c16-9-3-4-10-7-8-13-15(14(10)17)19-12-6-2-1-5-11(12)18-13/h1-2,5-8H,3-4,17H2. The Hall–Kier alpha value is -2.67. The smallest absolute Gasteiger partial charge is 0.113 e. The zero-order valence-electron chi connectivity index (χ0n) is 10.3. The zero-order chi connectivity index (χ0) is 13.2. The Labute approximate surface area is 110 Å². The second-order valence-corrected chi connectivity index (χ2v) is 4.38. The molecule has 0 atom stereocenters. The van der Waals surface area contributed by atoms with Crippen LogP contribution in [0.4, 0.5) is 5.69 Å². The van der Waals surface area contributed by atoms with E-state index in [1.807, 2.05) is 36.4 Å². The number of nitrogens with zero attached hydrogens (tertiary/aromatic N) is 3. The molecule has 2 N–H and O–H groups in total. The molecule has 92 valence electrons. The summed E-state index contributed by atoms with van der Waals surface area (Å²) in [7, 11) is 0. The second kappa shape index (κ2) is 4.54. The molecule has 1 heterocycles. The fourth-order valence-corrected chi connectivity index (χ4v) is 2.16. The maximum atomic E-state index is 8.65. The van der Waals surface area contributed by atoms with Gasteiger partial charge in [0.2, 0.25) is 0 Å². The Kier molecular flexibility index (Phi) is 2.73. The minimum atomic E-state index is 0.455. The van der Waals surface area contributed by atoms with Crippen molar-refractivity contribution in [2.75, 3.05) is 5.73 Å². The number of nitriles is 1. The molecule has 0 aliphatic rings. The lowest BCUT2D eigenvalue weighted by Crippen LogP contribution is -1.98. The monoisotopic (exact) mass is 248 g/mol. The summed E-state index contributed by atoms with van der Waals surface area (Å²) < 4.78 is 0. The largest absolute Gasteiger partial charge is 0.397 e. The number of aryl methyl sites for hydroxylation is 1. The van der Waals surface area contributed by atoms with Crippen LogP contribution in [0.15, 0.2) is 36.4 Å². The summed E-state index contributed by atoms with van der Waals surface area (Å²) in [5.74, 6) is 0. The lowest BCUT2D eigenvalue weighted by atomic mass is 10.1. The number of rotatable bonds is 2. The molecule has 3 rings (SSSR count). The summed E-state index contributed by atoms with van der Waals surface area (Å²) in [5.41, 5.74) is 10.9. The van der Waals surface area contributed by atoms with Gasteiger partial charge < -0.3 is 5.73 Å². The van der Waals surface area contributed by atoms with Gasteiger partial charge in [-0.3, -0.25) is 0 Å². The number of anilines is 1. The number of fused-ring (bicyclic) bond motifs is 2. The lowest BCUT2D eigenvalue weighted by molar-refractivity contribution is 1.02. The molecule has 0 unspecified atom stereocenters. The van der Waals surface area contributed by atoms with Crippen molar-refractivity contribution in [3.63, 3.8) is 0 Å². The van der Waals surface area contributed by atoms with Gasteiger partial charge in [-0.1, -0.05) is 18.2 Å². The first-order valence-electron chi connectivity index (χ1n) is 6.10. The minimum absolute atomic E-state index is 0.455. The van der Waals surface area contributed by atoms with Crippen molar-refractivity contribution >= 4 is 27.8 Å². The van der Waals surface area contributed by atoms with Gasteiger partial charge in [-0.15, -0.1) is 0 Å². The third kappa shape index (κ3) is 1.95. The van der Waals surface area contributed by atoms with Crippen LogP contribution >= 0.6 is 0 Å². The van der Waals surface area contributed by atoms with Crippen molar-refractivity contribution in [1.29, 1.82) is 5.26 Å². The summed E-state index contributed by atoms with van der Waals surface area (Å²) >= 11 is 0. The molecule has 0 saturated heterocycles. The van der Waals surface area contributed by atoms with E-state index in [9.17, 15) is 0 Å². The van der Waals surface area contributed by atoms with E-state index in [1.54, 1.807) is 0 Å². The molecule has 4 heteroatoms. The normalized spacial score (nSPS) is 10.7. The van der Waals surface area contributed by atoms with E-state index in [2.05, 4.69) is 16.0 Å². The molecular formula is C15H12N4. The summed E-state index contributed by atoms with van der Waals surface area (Å²) in [6.45, 7) is 0. The molecule has 1 aromatic heterocycles. The highest BCUT2D eigenvalue weighted by molar-refractivity contribution is 5.93. The number of hydrogen-bond acceptors (Lipinski definition) is 4. The van der Waals surface area contributed by atoms with Crippen LogP contribution in [0.3, 0.4) is 0 Å². The third-order valence-electron chi connectivity index (χ3n) is 3.15. The number of benzene rings is 2. The topological polar surface area (TPSA) is 75.6 Å². The van der Waals surface area contributed by atoms with E-state index in [-0.39, 0.29) is 0 Å². The fraction of sp³-hybridized carbons (Fsp3) is 0.133. The first-order chi connectivity index (χ1) is 9.29. The van der Waals surface area contributed by atoms with E-state index >= 15 is 0 Å². The molecule has 0 saturated carbocycles. The van der Waals surface area contributed by atoms with E-state index < -0.39 is 0 Å². The molecule has 0 spiro atoms. The average Bonchev–Trinajstić information content (AvgIpc) is 2.45. The number of nitrogen functional groups attached to an aromatic ring is 1. The van der Waals surface area contributed by atoms with Gasteiger partial charge in [0.25, 0.3) is 0 Å². The first kappa shape index (κ1) is 11.4. The highest BCUT2D eigenvalue weighted by Gasteiger charge is 2.08. The van der Waals surface area contributed by atoms with Crippen LogP contribution in [0.25, 0.3) is 22.1 Å². The van der Waals surface area contributed by atoms with Gasteiger partial charge in [0.1, 0.15) is 5.52 Å². The van der Waals surface area contributed by atoms with Crippen molar-refractivity contribution in [1.82, 2.24) is 9.97 Å². The Morgan fingerprint density at radius 3 is 2.47 bits per heavy atom. The maximum absolute atomic E-state index is 8.65. The first-order valence-corrected chi connectivity index (χ1v) is 6.10. The quantitative estimate of drug-likeness (QED) is 0.559. The van der Waals surface area contributed by atoms with Gasteiger partial charge >= 0.3 is 0 Å². The highest BCUT2D eigenvalue weighted by Crippen LogP contribution is 2.25. The van der Waals surface area contributed by atoms with Crippen molar-refractivity contribution < 1.29 is 0 Å². The molecule has 0 bridgehead atoms. The molecular weight excluding hydrogens is 236 g/mol. The molecule has 0 amide bonds. The average molecular weight is 248 g/mol. The summed E-state index contributed by atoms with van der Waals surface area (Å²) in [5, 5.41) is 8.65. The minimum Gasteiger partial charge on any atom is -0.397 e. The molecule has 0 radical (unpaired) electrons. The van der Waals surface area contributed by atoms with E-state index in [1.165, 1.54) is 0 Å². The molecule has 0 aliphatic carbocycles. The summed E-state index contributed by atoms with van der Waals surface area (Å²) in [6, 6.07) is 13.7. The third-order valence-corrected chi connectivity index (χ3v) is 3.15. The van der Waals surface area contributed by atoms with Crippen molar-refractivity contribution in [2.24, 2.45) is 0 Å². The molecule has 4 nitrogen and oxygen atoms in total. The number of aromatic nitrogens is 2. The Balaban J connectivity index is 2.24. The van der Waals surface area contributed by atoms with Crippen LogP contribution in [-0.4, -0.2) is 9.97 Å². The Morgan fingerprint density at radius 1 is 1.00 bits per heavy atom. The van der Waals surface area contributed by atoms with Gasteiger partial charge in [0.05, 0.1) is 28.3 Å². The van der Waals surface area contributed by atoms with Crippen LogP contribution in [0.1, 0.15) is 12.0 Å². The van der Waals surface area contributed by atoms with E-state index in [0.29, 0.717) is 24.0 Å². The molecule has 3 aromatic rings. The van der Waals surface area contributed by atoms with Crippen LogP contribution in [0.5, 0.6) is 0 Å². The molecule has 0 fully saturated rings. The van der Waals surface area contributed by atoms with Crippen LogP contribution < -0.4 is 5.73 Å². The molecule has 0 aliphatic heterocycles. The van der Waals surface area contributed by atoms with Crippen LogP contribution in [-0.2, 0) is 6.42 Å². The fourth-order valence-electron chi connectivity index (χ4n) is 2.16. The van der Waals surface area contributed by atoms with Crippen molar-refractivity contribution in [3.05, 3.63) is 42.0 Å². The second-order valence-electron chi connectivity index (χ2n) is 4.38. The van der Waals surface area contributed by atoms with Crippen LogP contribution in [0.2, 0.25) is 0 Å². The Bertz CT molecular complexity index is 802. The van der Waals surface area contributed by atoms with Crippen LogP contribution in [0, 0.1) is 11.3 Å². The van der Waals surface area contributed by atoms with Gasteiger partial charge in [-0.25, -0.2) is 9.97 Å². The maximum Gasteiger partial charge on any atom is 0.113 e. The van der Waals surface area contributed by atoms with Gasteiger partial charge in [0.15, 0.2) is 0 Å². The molecule has 19 heavy (non-hydrogen) atoms. The van der Waals surface area contributed by atoms with Gasteiger partial charge in [-0.05, 0) is 30.2 Å². The highest BCUT2D eigenvalue weighted by atomic mass is 14.8. The van der Waals surface area contributed by atoms with Gasteiger partial charge in [-0.2, -0.15) is 5.26 Å². The number of hydrogen-bond donors (Lipinski definition) is 1. The predicted molar refractivity (Wildman–Crippen MR) is 75.4 cm³/mol. The van der Waals surface area contributed by atoms with Crippen molar-refractivity contribution in [2.45, 2.75) is 12.8 Å². The number of nitrogens with two attached hydrogens (primary N) is 1. The van der Waals surface area contributed by atoms with E-state index in [4.69, 9.17) is 11.0 Å². The predicted octanol–water partition coefficient (Wildman–Crippen LogP) is 2.82. The summed E-state index contributed by atoms with van der Waals surface area (Å²) in [4.78, 5) is 9.13. The lowest BCUT2D eigenvalue weighted by Gasteiger charge is -2.07. The van der Waals surface area contributed by atoms with Crippen molar-refractivity contribution in [3.8, 4) is 6.07 Å². The SMILES string of the molecule is N#CCCc1ccc2nc3ccccc3nc2c1N.